The van der Waals surface area contributed by atoms with Gasteiger partial charge in [0.1, 0.15) is 17.2 Å². The monoisotopic (exact) mass is 596 g/mol. The number of allylic oxidation sites excluding steroid dienone is 1. The van der Waals surface area contributed by atoms with E-state index in [0.717, 1.165) is 0 Å². The number of nitrogens with one attached hydrogen (secondary N) is 1. The molecule has 0 aliphatic carbocycles. The van der Waals surface area contributed by atoms with Crippen LogP contribution < -0.4 is 10.9 Å². The molecule has 0 bridgehead atoms. The average molecular weight is 597 g/mol. The summed E-state index contributed by atoms with van der Waals surface area (Å²) in [6, 6.07) is 2.64. The Kier molecular flexibility index (Phi) is 10.3. The maximum absolute atomic E-state index is 14.8. The van der Waals surface area contributed by atoms with Crippen molar-refractivity contribution in [3.63, 3.8) is 0 Å². The van der Waals surface area contributed by atoms with E-state index in [9.17, 15) is 23.6 Å². The molecular weight excluding hydrogens is 555 g/mol. The highest BCUT2D eigenvalue weighted by molar-refractivity contribution is 5.90. The van der Waals surface area contributed by atoms with Crippen molar-refractivity contribution in [2.45, 2.75) is 79.4 Å². The zero-order chi connectivity index (χ0) is 32.1. The summed E-state index contributed by atoms with van der Waals surface area (Å²) in [5.74, 6) is -1.08. The zero-order valence-corrected chi connectivity index (χ0v) is 26.2. The number of carbonyl (C=O) groups is 3. The number of aromatic nitrogens is 4. The molecule has 232 valence electrons. The number of ether oxygens (including phenoxy) is 1. The molecule has 12 heteroatoms. The van der Waals surface area contributed by atoms with Crippen molar-refractivity contribution < 1.29 is 23.5 Å². The van der Waals surface area contributed by atoms with Crippen LogP contribution in [-0.2, 0) is 27.3 Å². The number of likely N-dealkylation sites (N-methyl/N-ethyl adjacent to an activating group) is 1. The van der Waals surface area contributed by atoms with E-state index in [0.29, 0.717) is 30.3 Å². The third kappa shape index (κ3) is 9.32. The molecule has 2 heterocycles. The molecule has 11 nitrogen and oxygen atoms in total. The Bertz CT molecular complexity index is 1590. The predicted octanol–water partition coefficient (Wildman–Crippen LogP) is 4.91. The first kappa shape index (κ1) is 33.2. The normalized spacial score (nSPS) is 12.1. The van der Waals surface area contributed by atoms with E-state index in [1.54, 1.807) is 40.9 Å². The van der Waals surface area contributed by atoms with Crippen molar-refractivity contribution in [3.8, 4) is 0 Å². The second kappa shape index (κ2) is 13.3. The van der Waals surface area contributed by atoms with E-state index in [-0.39, 0.29) is 41.4 Å². The largest absolute Gasteiger partial charge is 0.443 e. The molecule has 1 aromatic carbocycles. The Balaban J connectivity index is 1.91. The van der Waals surface area contributed by atoms with Crippen LogP contribution in [0.1, 0.15) is 72.2 Å². The Hall–Kier alpha value is -4.35. The summed E-state index contributed by atoms with van der Waals surface area (Å²) in [6.07, 6.45) is 6.76. The molecule has 0 spiro atoms. The molecule has 1 N–H and O–H groups in total. The first-order valence-electron chi connectivity index (χ1n) is 14.1. The number of carbonyl (C=O) groups excluding carboxylic acids is 3. The van der Waals surface area contributed by atoms with Crippen molar-refractivity contribution in [2.24, 2.45) is 5.41 Å². The summed E-state index contributed by atoms with van der Waals surface area (Å²) >= 11 is 0. The second-order valence-corrected chi connectivity index (χ2v) is 12.8. The van der Waals surface area contributed by atoms with E-state index in [1.807, 2.05) is 20.8 Å². The third-order valence-electron chi connectivity index (χ3n) is 6.13. The van der Waals surface area contributed by atoms with Gasteiger partial charge in [-0.05, 0) is 63.2 Å². The van der Waals surface area contributed by atoms with Gasteiger partial charge in [0.05, 0.1) is 17.6 Å². The van der Waals surface area contributed by atoms with Crippen molar-refractivity contribution in [3.05, 3.63) is 64.2 Å². The molecule has 3 aromatic rings. The van der Waals surface area contributed by atoms with Crippen molar-refractivity contribution in [1.29, 1.82) is 0 Å². The van der Waals surface area contributed by atoms with E-state index in [2.05, 4.69) is 10.3 Å². The molecule has 0 saturated carbocycles. The lowest BCUT2D eigenvalue weighted by Gasteiger charge is -2.21. The number of hydrogen-bond acceptors (Lipinski definition) is 7. The summed E-state index contributed by atoms with van der Waals surface area (Å²) in [7, 11) is 3.30. The van der Waals surface area contributed by atoms with Gasteiger partial charge in [-0.1, -0.05) is 26.8 Å². The van der Waals surface area contributed by atoms with Crippen molar-refractivity contribution >= 4 is 34.8 Å². The van der Waals surface area contributed by atoms with Crippen LogP contribution >= 0.6 is 0 Å². The predicted molar refractivity (Wildman–Crippen MR) is 162 cm³/mol. The number of nitrogens with zero attached hydrogens (tertiary/aromatic N) is 5. The topological polar surface area (TPSA) is 128 Å². The van der Waals surface area contributed by atoms with Crippen LogP contribution in [0, 0.1) is 11.2 Å². The molecular formula is C31H41FN6O5. The van der Waals surface area contributed by atoms with Gasteiger partial charge in [-0.25, -0.2) is 23.7 Å². The second-order valence-electron chi connectivity index (χ2n) is 12.8. The van der Waals surface area contributed by atoms with Gasteiger partial charge < -0.3 is 19.5 Å². The minimum Gasteiger partial charge on any atom is -0.443 e. The first-order chi connectivity index (χ1) is 19.9. The minimum atomic E-state index is -0.838. The highest BCUT2D eigenvalue weighted by Gasteiger charge is 2.26. The maximum Gasteiger partial charge on any atom is 0.420 e. The molecule has 0 fully saturated rings. The quantitative estimate of drug-likeness (QED) is 0.275. The smallest absolute Gasteiger partial charge is 0.420 e. The lowest BCUT2D eigenvalue weighted by atomic mass is 9.87. The number of rotatable bonds is 9. The summed E-state index contributed by atoms with van der Waals surface area (Å²) < 4.78 is 22.9. The molecule has 0 aliphatic heterocycles. The average Bonchev–Trinajstić information content (AvgIpc) is 3.22. The van der Waals surface area contributed by atoms with Crippen LogP contribution in [0.5, 0.6) is 0 Å². The number of imidazole rings is 1. The Labute approximate surface area is 250 Å². The zero-order valence-electron chi connectivity index (χ0n) is 26.2. The highest BCUT2D eigenvalue weighted by Crippen LogP contribution is 2.29. The fourth-order valence-corrected chi connectivity index (χ4v) is 4.30. The lowest BCUT2D eigenvalue weighted by Crippen LogP contribution is -2.30. The molecule has 0 radical (unpaired) electrons. The van der Waals surface area contributed by atoms with E-state index in [1.165, 1.54) is 44.6 Å². The SMILES string of the molecule is CN(C)C(=O)/C=C/CCCC(=O)Nc1nccn(Cc2nc3c(CC(C)(C)C)cc(F)cc3n2C(=O)OC(C)(C)C)c1=O. The number of benzene rings is 1. The van der Waals surface area contributed by atoms with Crippen molar-refractivity contribution in [1.82, 2.24) is 24.0 Å². The van der Waals surface area contributed by atoms with E-state index < -0.39 is 29.0 Å². The molecule has 2 aromatic heterocycles. The maximum atomic E-state index is 14.8. The minimum absolute atomic E-state index is 0.118. The summed E-state index contributed by atoms with van der Waals surface area (Å²) in [6.45, 7) is 11.0. The fourth-order valence-electron chi connectivity index (χ4n) is 4.30. The lowest BCUT2D eigenvalue weighted by molar-refractivity contribution is -0.123. The molecule has 0 unspecified atom stereocenters. The summed E-state index contributed by atoms with van der Waals surface area (Å²) in [5, 5.41) is 2.54. The van der Waals surface area contributed by atoms with Gasteiger partial charge in [-0.3, -0.25) is 14.4 Å². The number of fused-ring (bicyclic) bond motifs is 1. The Morgan fingerprint density at radius 2 is 1.81 bits per heavy atom. The van der Waals surface area contributed by atoms with Gasteiger partial charge in [-0.2, -0.15) is 0 Å². The molecule has 0 atom stereocenters. The van der Waals surface area contributed by atoms with Gasteiger partial charge in [0.2, 0.25) is 11.8 Å². The number of unbranched alkanes of at least 4 members (excludes halogenated alkanes) is 1. The Morgan fingerprint density at radius 3 is 2.44 bits per heavy atom. The molecule has 2 amide bonds. The van der Waals surface area contributed by atoms with Gasteiger partial charge in [-0.15, -0.1) is 0 Å². The number of anilines is 1. The van der Waals surface area contributed by atoms with E-state index in [4.69, 9.17) is 9.72 Å². The van der Waals surface area contributed by atoms with Gasteiger partial charge in [0, 0.05) is 39.0 Å². The Morgan fingerprint density at radius 1 is 1.12 bits per heavy atom. The fraction of sp³-hybridized carbons (Fsp3) is 0.484. The van der Waals surface area contributed by atoms with Crippen molar-refractivity contribution in [2.75, 3.05) is 19.4 Å². The van der Waals surface area contributed by atoms with Crippen LogP contribution in [0.2, 0.25) is 0 Å². The third-order valence-corrected chi connectivity index (χ3v) is 6.13. The molecule has 43 heavy (non-hydrogen) atoms. The van der Waals surface area contributed by atoms with Crippen LogP contribution in [0.15, 0.2) is 41.5 Å². The standard InChI is InChI=1S/C31H41FN6O5/c1-30(2,3)18-20-16-21(32)17-22-26(20)34-23(38(22)29(42)43-31(4,5)6)19-37-15-14-33-27(28(37)41)35-24(39)12-10-9-11-13-25(40)36(7)8/h11,13-17H,9-10,12,18-19H2,1-8H3,(H,33,35,39)/b13-11+. The van der Waals surface area contributed by atoms with Crippen LogP contribution in [0.3, 0.4) is 0 Å². The number of halogens is 1. The summed E-state index contributed by atoms with van der Waals surface area (Å²) in [5.41, 5.74) is -0.325. The van der Waals surface area contributed by atoms with Crippen LogP contribution in [0.4, 0.5) is 15.0 Å². The van der Waals surface area contributed by atoms with Crippen LogP contribution in [0.25, 0.3) is 11.0 Å². The van der Waals surface area contributed by atoms with Gasteiger partial charge >= 0.3 is 6.09 Å². The number of amides is 2. The first-order valence-corrected chi connectivity index (χ1v) is 14.1. The number of hydrogen-bond donors (Lipinski definition) is 1. The van der Waals surface area contributed by atoms with Crippen LogP contribution in [-0.4, -0.2) is 61.6 Å². The molecule has 0 saturated heterocycles. The van der Waals surface area contributed by atoms with Gasteiger partial charge in [0.15, 0.2) is 5.82 Å². The van der Waals surface area contributed by atoms with Gasteiger partial charge in [0.25, 0.3) is 5.56 Å². The highest BCUT2D eigenvalue weighted by atomic mass is 19.1. The van der Waals surface area contributed by atoms with E-state index >= 15 is 0 Å². The molecule has 0 aliphatic rings. The summed E-state index contributed by atoms with van der Waals surface area (Å²) in [4.78, 5) is 60.9. The molecule has 3 rings (SSSR count).